The van der Waals surface area contributed by atoms with Crippen LogP contribution in [0.3, 0.4) is 0 Å². The first-order valence-corrected chi connectivity index (χ1v) is 6.90. The number of ether oxygens (including phenoxy) is 1. The van der Waals surface area contributed by atoms with Crippen molar-refractivity contribution in [2.75, 3.05) is 47.4 Å². The zero-order valence-corrected chi connectivity index (χ0v) is 12.4. The van der Waals surface area contributed by atoms with E-state index in [-0.39, 0.29) is 11.9 Å². The second-order valence-electron chi connectivity index (χ2n) is 5.25. The first-order valence-electron chi connectivity index (χ1n) is 6.90. The van der Waals surface area contributed by atoms with Crippen molar-refractivity contribution in [1.29, 1.82) is 0 Å². The maximum Gasteiger partial charge on any atom is 0.236 e. The van der Waals surface area contributed by atoms with Crippen LogP contribution in [0.25, 0.3) is 0 Å². The van der Waals surface area contributed by atoms with Crippen LogP contribution in [0.15, 0.2) is 24.3 Å². The third-order valence-electron chi connectivity index (χ3n) is 3.69. The average molecular weight is 277 g/mol. The summed E-state index contributed by atoms with van der Waals surface area (Å²) in [5, 5.41) is 3.40. The molecule has 1 atom stereocenters. The van der Waals surface area contributed by atoms with Gasteiger partial charge in [-0.15, -0.1) is 0 Å². The number of nitrogens with one attached hydrogen (secondary N) is 1. The van der Waals surface area contributed by atoms with Crippen LogP contribution in [0.5, 0.6) is 5.75 Å². The maximum atomic E-state index is 11.9. The molecular formula is C15H23N3O2. The molecule has 1 aromatic rings. The largest absolute Gasteiger partial charge is 0.497 e. The number of methoxy groups -OCH3 is 1. The first kappa shape index (κ1) is 14.8. The summed E-state index contributed by atoms with van der Waals surface area (Å²) in [4.78, 5) is 15.8. The number of rotatable bonds is 4. The summed E-state index contributed by atoms with van der Waals surface area (Å²) in [6.45, 7) is 3.14. The highest BCUT2D eigenvalue weighted by Crippen LogP contribution is 2.24. The van der Waals surface area contributed by atoms with Gasteiger partial charge in [-0.05, 0) is 17.7 Å². The second-order valence-corrected chi connectivity index (χ2v) is 5.25. The van der Waals surface area contributed by atoms with Crippen molar-refractivity contribution in [3.05, 3.63) is 29.8 Å². The highest BCUT2D eigenvalue weighted by molar-refractivity contribution is 5.77. The lowest BCUT2D eigenvalue weighted by Crippen LogP contribution is -2.49. The fraction of sp³-hybridized carbons (Fsp3) is 0.533. The van der Waals surface area contributed by atoms with Crippen LogP contribution in [-0.4, -0.2) is 63.1 Å². The third-order valence-corrected chi connectivity index (χ3v) is 3.69. The molecule has 0 aliphatic carbocycles. The van der Waals surface area contributed by atoms with Gasteiger partial charge in [-0.25, -0.2) is 0 Å². The Labute approximate surface area is 120 Å². The van der Waals surface area contributed by atoms with Crippen molar-refractivity contribution >= 4 is 5.91 Å². The smallest absolute Gasteiger partial charge is 0.236 e. The number of hydrogen-bond acceptors (Lipinski definition) is 4. The van der Waals surface area contributed by atoms with E-state index in [1.54, 1.807) is 26.1 Å². The number of benzene rings is 1. The summed E-state index contributed by atoms with van der Waals surface area (Å²) in [6.07, 6.45) is 0. The summed E-state index contributed by atoms with van der Waals surface area (Å²) < 4.78 is 5.19. The molecule has 20 heavy (non-hydrogen) atoms. The van der Waals surface area contributed by atoms with Crippen molar-refractivity contribution < 1.29 is 9.53 Å². The normalized spacial score (nSPS) is 19.6. The summed E-state index contributed by atoms with van der Waals surface area (Å²) in [5.41, 5.74) is 1.21. The van der Waals surface area contributed by atoms with E-state index in [0.29, 0.717) is 6.54 Å². The Bertz CT molecular complexity index is 445. The van der Waals surface area contributed by atoms with E-state index >= 15 is 0 Å². The molecule has 2 rings (SSSR count). The Morgan fingerprint density at radius 3 is 2.70 bits per heavy atom. The van der Waals surface area contributed by atoms with Crippen LogP contribution in [0, 0.1) is 0 Å². The zero-order valence-electron chi connectivity index (χ0n) is 12.4. The monoisotopic (exact) mass is 277 g/mol. The molecule has 0 radical (unpaired) electrons. The Morgan fingerprint density at radius 2 is 2.10 bits per heavy atom. The Kier molecular flexibility index (Phi) is 4.98. The predicted molar refractivity (Wildman–Crippen MR) is 78.9 cm³/mol. The number of hydrogen-bond donors (Lipinski definition) is 1. The predicted octanol–water partition coefficient (Wildman–Crippen LogP) is 0.730. The molecule has 0 saturated carbocycles. The lowest BCUT2D eigenvalue weighted by Gasteiger charge is -2.36. The molecule has 1 saturated heterocycles. The Hall–Kier alpha value is -1.59. The molecule has 1 aliphatic rings. The molecule has 1 fully saturated rings. The van der Waals surface area contributed by atoms with Gasteiger partial charge in [0.25, 0.3) is 0 Å². The molecule has 1 unspecified atom stereocenters. The standard InChI is InChI=1S/C15H23N3O2/c1-17(2)15(19)11-18-9-8-16-10-14(18)12-4-6-13(20-3)7-5-12/h4-7,14,16H,8-11H2,1-3H3. The molecule has 1 amide bonds. The summed E-state index contributed by atoms with van der Waals surface area (Å²) >= 11 is 0. The van der Waals surface area contributed by atoms with Gasteiger partial charge in [-0.1, -0.05) is 12.1 Å². The third kappa shape index (κ3) is 3.49. The van der Waals surface area contributed by atoms with Crippen LogP contribution >= 0.6 is 0 Å². The average Bonchev–Trinajstić information content (AvgIpc) is 2.48. The number of likely N-dealkylation sites (N-methyl/N-ethyl adjacent to an activating group) is 1. The number of piperazine rings is 1. The van der Waals surface area contributed by atoms with Gasteiger partial charge in [0, 0.05) is 39.8 Å². The molecule has 0 spiro atoms. The molecule has 5 heteroatoms. The fourth-order valence-electron chi connectivity index (χ4n) is 2.41. The Balaban J connectivity index is 2.11. The summed E-state index contributed by atoms with van der Waals surface area (Å²) in [7, 11) is 5.26. The van der Waals surface area contributed by atoms with Crippen LogP contribution in [0.4, 0.5) is 0 Å². The molecule has 0 aromatic heterocycles. The number of carbonyl (C=O) groups is 1. The van der Waals surface area contributed by atoms with Crippen molar-refractivity contribution in [1.82, 2.24) is 15.1 Å². The molecule has 1 heterocycles. The van der Waals surface area contributed by atoms with Crippen LogP contribution < -0.4 is 10.1 Å². The zero-order chi connectivity index (χ0) is 14.5. The van der Waals surface area contributed by atoms with E-state index in [1.165, 1.54) is 5.56 Å². The van der Waals surface area contributed by atoms with E-state index < -0.39 is 0 Å². The van der Waals surface area contributed by atoms with Gasteiger partial charge in [0.15, 0.2) is 0 Å². The van der Waals surface area contributed by atoms with Gasteiger partial charge in [0.05, 0.1) is 13.7 Å². The number of amides is 1. The van der Waals surface area contributed by atoms with Crippen LogP contribution in [-0.2, 0) is 4.79 Å². The van der Waals surface area contributed by atoms with Crippen molar-refractivity contribution in [2.45, 2.75) is 6.04 Å². The number of carbonyl (C=O) groups excluding carboxylic acids is 1. The van der Waals surface area contributed by atoms with Crippen molar-refractivity contribution in [2.24, 2.45) is 0 Å². The summed E-state index contributed by atoms with van der Waals surface area (Å²) in [5.74, 6) is 0.999. The number of nitrogens with zero attached hydrogens (tertiary/aromatic N) is 2. The fourth-order valence-corrected chi connectivity index (χ4v) is 2.41. The minimum Gasteiger partial charge on any atom is -0.497 e. The van der Waals surface area contributed by atoms with Gasteiger partial charge in [0.2, 0.25) is 5.91 Å². The maximum absolute atomic E-state index is 11.9. The molecular weight excluding hydrogens is 254 g/mol. The highest BCUT2D eigenvalue weighted by Gasteiger charge is 2.25. The van der Waals surface area contributed by atoms with E-state index in [4.69, 9.17) is 4.74 Å². The molecule has 5 nitrogen and oxygen atoms in total. The molecule has 110 valence electrons. The lowest BCUT2D eigenvalue weighted by molar-refractivity contribution is -0.130. The van der Waals surface area contributed by atoms with Gasteiger partial charge >= 0.3 is 0 Å². The molecule has 1 aromatic carbocycles. The topological polar surface area (TPSA) is 44.8 Å². The van der Waals surface area contributed by atoms with Gasteiger partial charge in [-0.2, -0.15) is 0 Å². The van der Waals surface area contributed by atoms with Crippen molar-refractivity contribution in [3.63, 3.8) is 0 Å². The van der Waals surface area contributed by atoms with Crippen LogP contribution in [0.1, 0.15) is 11.6 Å². The van der Waals surface area contributed by atoms with Crippen LogP contribution in [0.2, 0.25) is 0 Å². The molecule has 0 bridgehead atoms. The molecule has 1 N–H and O–H groups in total. The second kappa shape index (κ2) is 6.72. The van der Waals surface area contributed by atoms with Gasteiger partial charge < -0.3 is 15.0 Å². The minimum atomic E-state index is 0.144. The van der Waals surface area contributed by atoms with E-state index in [9.17, 15) is 4.79 Å². The highest BCUT2D eigenvalue weighted by atomic mass is 16.5. The van der Waals surface area contributed by atoms with Crippen molar-refractivity contribution in [3.8, 4) is 5.75 Å². The Morgan fingerprint density at radius 1 is 1.40 bits per heavy atom. The minimum absolute atomic E-state index is 0.144. The van der Waals surface area contributed by atoms with Gasteiger partial charge in [0.1, 0.15) is 5.75 Å². The SMILES string of the molecule is COc1ccc(C2CNCCN2CC(=O)N(C)C)cc1. The first-order chi connectivity index (χ1) is 9.61. The quantitative estimate of drug-likeness (QED) is 0.881. The van der Waals surface area contributed by atoms with E-state index in [0.717, 1.165) is 25.4 Å². The van der Waals surface area contributed by atoms with E-state index in [1.807, 2.05) is 12.1 Å². The summed E-state index contributed by atoms with van der Waals surface area (Å²) in [6, 6.07) is 8.32. The lowest BCUT2D eigenvalue weighted by atomic mass is 10.0. The molecule has 1 aliphatic heterocycles. The van der Waals surface area contributed by atoms with E-state index in [2.05, 4.69) is 22.3 Å². The van der Waals surface area contributed by atoms with Gasteiger partial charge in [-0.3, -0.25) is 9.69 Å².